The molecule has 1 aliphatic heterocycles. The summed E-state index contributed by atoms with van der Waals surface area (Å²) < 4.78 is 37.0. The Morgan fingerprint density at radius 1 is 1.14 bits per heavy atom. The zero-order valence-electron chi connectivity index (χ0n) is 19.9. The number of anilines is 1. The maximum Gasteiger partial charge on any atom is 0.490 e. The molecule has 0 saturated carbocycles. The van der Waals surface area contributed by atoms with Gasteiger partial charge in [0, 0.05) is 31.8 Å². The van der Waals surface area contributed by atoms with Crippen LogP contribution in [0.5, 0.6) is 5.75 Å². The predicted molar refractivity (Wildman–Crippen MR) is 128 cm³/mol. The molecule has 0 spiro atoms. The molecule has 0 unspecified atom stereocenters. The highest BCUT2D eigenvalue weighted by atomic mass is 35.5. The Labute approximate surface area is 208 Å². The first-order valence-corrected chi connectivity index (χ1v) is 11.9. The minimum atomic E-state index is -5.08. The summed E-state index contributed by atoms with van der Waals surface area (Å²) in [5.74, 6) is -2.48. The number of benzene rings is 1. The van der Waals surface area contributed by atoms with Crippen LogP contribution in [0, 0.1) is 0 Å². The van der Waals surface area contributed by atoms with Gasteiger partial charge in [0.1, 0.15) is 5.75 Å². The second-order valence-electron chi connectivity index (χ2n) is 8.31. The monoisotopic (exact) mass is 525 g/mol. The molecule has 200 valence electrons. The Balaban J connectivity index is 0.000000762. The fourth-order valence-electron chi connectivity index (χ4n) is 3.63. The number of aliphatic hydroxyl groups is 1. The van der Waals surface area contributed by atoms with Crippen LogP contribution in [-0.4, -0.2) is 72.6 Å². The van der Waals surface area contributed by atoms with Crippen molar-refractivity contribution in [3.8, 4) is 5.75 Å². The molecular formula is C23H35ClF3N3O5. The van der Waals surface area contributed by atoms with Crippen LogP contribution in [0.3, 0.4) is 0 Å². The van der Waals surface area contributed by atoms with Crippen LogP contribution in [-0.2, 0) is 4.79 Å². The fraction of sp³-hybridized carbons (Fsp3) is 0.652. The number of aliphatic carboxylic acids is 1. The van der Waals surface area contributed by atoms with E-state index in [9.17, 15) is 18.0 Å². The minimum absolute atomic E-state index is 0.167. The first-order chi connectivity index (χ1) is 16.5. The Morgan fingerprint density at radius 3 is 2.20 bits per heavy atom. The van der Waals surface area contributed by atoms with E-state index in [1.54, 1.807) is 12.1 Å². The number of amides is 1. The molecule has 8 nitrogen and oxygen atoms in total. The number of likely N-dealkylation sites (tertiary alicyclic amines) is 1. The minimum Gasteiger partial charge on any atom is -0.496 e. The van der Waals surface area contributed by atoms with Gasteiger partial charge in [-0.2, -0.15) is 13.2 Å². The molecule has 2 rings (SSSR count). The average Bonchev–Trinajstić information content (AvgIpc) is 2.80. The molecular weight excluding hydrogens is 491 g/mol. The van der Waals surface area contributed by atoms with Crippen LogP contribution in [0.1, 0.15) is 61.7 Å². The lowest BCUT2D eigenvalue weighted by molar-refractivity contribution is -0.192. The third kappa shape index (κ3) is 11.8. The van der Waals surface area contributed by atoms with Gasteiger partial charge in [-0.15, -0.1) is 0 Å². The van der Waals surface area contributed by atoms with Crippen LogP contribution in [0.25, 0.3) is 0 Å². The summed E-state index contributed by atoms with van der Waals surface area (Å²) in [6.07, 6.45) is 3.81. The Morgan fingerprint density at radius 2 is 1.69 bits per heavy atom. The van der Waals surface area contributed by atoms with Crippen molar-refractivity contribution in [2.45, 2.75) is 63.6 Å². The highest BCUT2D eigenvalue weighted by molar-refractivity contribution is 6.33. The van der Waals surface area contributed by atoms with Gasteiger partial charge in [-0.3, -0.25) is 4.79 Å². The summed E-state index contributed by atoms with van der Waals surface area (Å²) in [7, 11) is 1.52. The molecule has 1 amide bonds. The van der Waals surface area contributed by atoms with Gasteiger partial charge >= 0.3 is 12.1 Å². The largest absolute Gasteiger partial charge is 0.496 e. The number of carboxylic acid groups (broad SMARTS) is 1. The quantitative estimate of drug-likeness (QED) is 0.253. The van der Waals surface area contributed by atoms with E-state index in [4.69, 9.17) is 37.1 Å². The summed E-state index contributed by atoms with van der Waals surface area (Å²) >= 11 is 6.07. The molecule has 1 aromatic rings. The van der Waals surface area contributed by atoms with Gasteiger partial charge in [0.15, 0.2) is 0 Å². The van der Waals surface area contributed by atoms with Crippen LogP contribution < -0.4 is 15.8 Å². The van der Waals surface area contributed by atoms with Gasteiger partial charge in [-0.05, 0) is 38.3 Å². The number of methoxy groups -OCH3 is 1. The molecule has 1 heterocycles. The molecule has 5 N–H and O–H groups in total. The van der Waals surface area contributed by atoms with Gasteiger partial charge in [-0.1, -0.05) is 37.3 Å². The molecule has 0 aliphatic carbocycles. The predicted octanol–water partition coefficient (Wildman–Crippen LogP) is 4.09. The standard InChI is InChI=1S/C21H34ClN3O3.C2HF3O2/c1-28-20-15-19(23)18(22)14-17(20)21(27)24-16-8-11-25(12-9-16)10-6-4-2-3-5-7-13-26;3-2(4,5)1(6)7/h14-16,26H,2-13,23H2,1H3,(H,24,27);(H,6,7). The first kappa shape index (κ1) is 30.8. The maximum absolute atomic E-state index is 12.6. The van der Waals surface area contributed by atoms with Gasteiger partial charge in [0.05, 0.1) is 23.4 Å². The van der Waals surface area contributed by atoms with E-state index in [0.717, 1.165) is 45.3 Å². The number of rotatable bonds is 11. The Hall–Kier alpha value is -2.24. The Bertz CT molecular complexity index is 803. The number of nitrogen functional groups attached to an aromatic ring is 1. The summed E-state index contributed by atoms with van der Waals surface area (Å²) in [4.78, 5) is 24.0. The van der Waals surface area contributed by atoms with Crippen LogP contribution >= 0.6 is 11.6 Å². The Kier molecular flexibility index (Phi) is 13.8. The van der Waals surface area contributed by atoms with Crippen LogP contribution in [0.2, 0.25) is 5.02 Å². The number of alkyl halides is 3. The van der Waals surface area contributed by atoms with Crippen molar-refractivity contribution in [1.82, 2.24) is 10.2 Å². The van der Waals surface area contributed by atoms with Gasteiger partial charge in [0.25, 0.3) is 5.91 Å². The lowest BCUT2D eigenvalue weighted by Crippen LogP contribution is -2.44. The molecule has 0 radical (unpaired) electrons. The second kappa shape index (κ2) is 15.7. The maximum atomic E-state index is 12.6. The van der Waals surface area contributed by atoms with Crippen molar-refractivity contribution in [1.29, 1.82) is 0 Å². The molecule has 1 aliphatic rings. The number of carbonyl (C=O) groups is 2. The van der Waals surface area contributed by atoms with Crippen molar-refractivity contribution in [2.24, 2.45) is 0 Å². The number of hydrogen-bond acceptors (Lipinski definition) is 6. The number of carbonyl (C=O) groups excluding carboxylic acids is 1. The topological polar surface area (TPSA) is 125 Å². The molecule has 1 saturated heterocycles. The van der Waals surface area contributed by atoms with Crippen molar-refractivity contribution < 1.29 is 37.7 Å². The number of ether oxygens (including phenoxy) is 1. The zero-order chi connectivity index (χ0) is 26.4. The normalized spacial score (nSPS) is 14.7. The van der Waals surface area contributed by atoms with E-state index in [-0.39, 0.29) is 11.9 Å². The third-order valence-corrected chi connectivity index (χ3v) is 5.94. The molecule has 0 atom stereocenters. The number of hydrogen-bond donors (Lipinski definition) is 4. The number of aliphatic hydroxyl groups excluding tert-OH is 1. The van der Waals surface area contributed by atoms with Gasteiger partial charge in [-0.25, -0.2) is 4.79 Å². The number of nitrogens with two attached hydrogens (primary N) is 1. The number of carboxylic acids is 1. The third-order valence-electron chi connectivity index (χ3n) is 5.61. The van der Waals surface area contributed by atoms with Crippen LogP contribution in [0.15, 0.2) is 12.1 Å². The van der Waals surface area contributed by atoms with E-state index >= 15 is 0 Å². The molecule has 0 aromatic heterocycles. The van der Waals surface area contributed by atoms with Crippen molar-refractivity contribution >= 4 is 29.2 Å². The summed E-state index contributed by atoms with van der Waals surface area (Å²) in [6.45, 7) is 3.45. The highest BCUT2D eigenvalue weighted by Gasteiger charge is 2.38. The number of piperidine rings is 1. The van der Waals surface area contributed by atoms with Crippen molar-refractivity contribution in [3.63, 3.8) is 0 Å². The zero-order valence-corrected chi connectivity index (χ0v) is 20.6. The van der Waals surface area contributed by atoms with E-state index in [1.165, 1.54) is 32.8 Å². The van der Waals surface area contributed by atoms with E-state index in [0.29, 0.717) is 28.6 Å². The summed E-state index contributed by atoms with van der Waals surface area (Å²) in [6, 6.07) is 3.33. The lowest BCUT2D eigenvalue weighted by Gasteiger charge is -2.32. The SMILES string of the molecule is COc1cc(N)c(Cl)cc1C(=O)NC1CCN(CCCCCCCCO)CC1.O=C(O)C(F)(F)F. The summed E-state index contributed by atoms with van der Waals surface area (Å²) in [5, 5.41) is 19.4. The van der Waals surface area contributed by atoms with E-state index in [1.807, 2.05) is 0 Å². The second-order valence-corrected chi connectivity index (χ2v) is 8.72. The van der Waals surface area contributed by atoms with Crippen LogP contribution in [0.4, 0.5) is 18.9 Å². The average molecular weight is 526 g/mol. The molecule has 1 aromatic carbocycles. The van der Waals surface area contributed by atoms with Gasteiger partial charge in [0.2, 0.25) is 0 Å². The number of halogens is 4. The van der Waals surface area contributed by atoms with E-state index < -0.39 is 12.1 Å². The molecule has 0 bridgehead atoms. The highest BCUT2D eigenvalue weighted by Crippen LogP contribution is 2.29. The van der Waals surface area contributed by atoms with Crippen molar-refractivity contribution in [2.75, 3.05) is 39.1 Å². The molecule has 1 fully saturated rings. The molecule has 12 heteroatoms. The fourth-order valence-corrected chi connectivity index (χ4v) is 3.80. The number of nitrogens with one attached hydrogen (secondary N) is 1. The number of unbranched alkanes of at least 4 members (excludes halogenated alkanes) is 5. The van der Waals surface area contributed by atoms with E-state index in [2.05, 4.69) is 10.2 Å². The summed E-state index contributed by atoms with van der Waals surface area (Å²) in [5.41, 5.74) is 6.61. The van der Waals surface area contributed by atoms with Gasteiger partial charge < -0.3 is 30.9 Å². The first-order valence-electron chi connectivity index (χ1n) is 11.6. The molecule has 35 heavy (non-hydrogen) atoms. The smallest absolute Gasteiger partial charge is 0.490 e. The van der Waals surface area contributed by atoms with Crippen molar-refractivity contribution in [3.05, 3.63) is 22.7 Å². The number of nitrogens with zero attached hydrogens (tertiary/aromatic N) is 1. The lowest BCUT2D eigenvalue weighted by atomic mass is 10.0.